The second kappa shape index (κ2) is 5.33. The van der Waals surface area contributed by atoms with Gasteiger partial charge in [0.15, 0.2) is 0 Å². The van der Waals surface area contributed by atoms with E-state index in [4.69, 9.17) is 0 Å². The van der Waals surface area contributed by atoms with Crippen molar-refractivity contribution in [1.82, 2.24) is 10.2 Å². The van der Waals surface area contributed by atoms with Crippen molar-refractivity contribution in [1.29, 1.82) is 0 Å². The third kappa shape index (κ3) is 2.52. The molecule has 1 amide bonds. The molecule has 1 aromatic rings. The summed E-state index contributed by atoms with van der Waals surface area (Å²) in [7, 11) is 0. The predicted octanol–water partition coefficient (Wildman–Crippen LogP) is 2.19. The Morgan fingerprint density at radius 1 is 1.26 bits per heavy atom. The monoisotopic (exact) mass is 258 g/mol. The van der Waals surface area contributed by atoms with E-state index in [0.717, 1.165) is 39.0 Å². The number of fused-ring (bicyclic) bond motifs is 1. The maximum atomic E-state index is 12.7. The number of aryl methyl sites for hydroxylation is 1. The number of rotatable bonds is 1. The highest BCUT2D eigenvalue weighted by Gasteiger charge is 2.30. The Labute approximate surface area is 115 Å². The van der Waals surface area contributed by atoms with Gasteiger partial charge in [0.25, 0.3) is 0 Å². The number of piperidine rings is 1. The molecule has 19 heavy (non-hydrogen) atoms. The number of nitrogens with zero attached hydrogens (tertiary/aromatic N) is 1. The zero-order chi connectivity index (χ0) is 13.2. The molecule has 3 rings (SSSR count). The first kappa shape index (κ1) is 12.7. The topological polar surface area (TPSA) is 32.3 Å². The minimum absolute atomic E-state index is 0.0155. The first-order valence-electron chi connectivity index (χ1n) is 7.34. The van der Waals surface area contributed by atoms with Gasteiger partial charge in [-0.3, -0.25) is 4.79 Å². The van der Waals surface area contributed by atoms with Gasteiger partial charge in [0.2, 0.25) is 5.91 Å². The molecule has 1 unspecified atom stereocenters. The number of hydrogen-bond acceptors (Lipinski definition) is 2. The van der Waals surface area contributed by atoms with Gasteiger partial charge in [-0.15, -0.1) is 0 Å². The van der Waals surface area contributed by atoms with Gasteiger partial charge in [-0.05, 0) is 37.3 Å². The first-order chi connectivity index (χ1) is 9.25. The fraction of sp³-hybridized carbons (Fsp3) is 0.562. The largest absolute Gasteiger partial charge is 0.342 e. The fourth-order valence-electron chi connectivity index (χ4n) is 3.22. The molecule has 0 aromatic heterocycles. The SMILES string of the molecule is Cc1ccc2c(c1)C(C(=O)N1CCCCC1)CNC2. The second-order valence-electron chi connectivity index (χ2n) is 5.77. The number of hydrogen-bond donors (Lipinski definition) is 1. The van der Waals surface area contributed by atoms with E-state index in [2.05, 4.69) is 35.3 Å². The van der Waals surface area contributed by atoms with Crippen LogP contribution in [0.3, 0.4) is 0 Å². The number of carbonyl (C=O) groups is 1. The summed E-state index contributed by atoms with van der Waals surface area (Å²) in [5.74, 6) is 0.334. The predicted molar refractivity (Wildman–Crippen MR) is 76.1 cm³/mol. The van der Waals surface area contributed by atoms with Gasteiger partial charge in [0.05, 0.1) is 5.92 Å². The molecule has 3 nitrogen and oxygen atoms in total. The number of likely N-dealkylation sites (tertiary alicyclic amines) is 1. The Bertz CT molecular complexity index is 478. The zero-order valence-electron chi connectivity index (χ0n) is 11.6. The Morgan fingerprint density at radius 2 is 2.05 bits per heavy atom. The minimum Gasteiger partial charge on any atom is -0.342 e. The van der Waals surface area contributed by atoms with Crippen LogP contribution >= 0.6 is 0 Å². The molecule has 0 radical (unpaired) electrons. The highest BCUT2D eigenvalue weighted by atomic mass is 16.2. The molecule has 1 fully saturated rings. The molecule has 102 valence electrons. The molecule has 0 bridgehead atoms. The number of amides is 1. The van der Waals surface area contributed by atoms with Crippen molar-refractivity contribution in [2.24, 2.45) is 0 Å². The summed E-state index contributed by atoms with van der Waals surface area (Å²) in [6, 6.07) is 6.49. The van der Waals surface area contributed by atoms with Crippen LogP contribution in [0, 0.1) is 6.92 Å². The van der Waals surface area contributed by atoms with Crippen LogP contribution in [0.25, 0.3) is 0 Å². The molecule has 1 N–H and O–H groups in total. The summed E-state index contributed by atoms with van der Waals surface area (Å²) in [4.78, 5) is 14.8. The van der Waals surface area contributed by atoms with Crippen LogP contribution in [0.2, 0.25) is 0 Å². The summed E-state index contributed by atoms with van der Waals surface area (Å²) >= 11 is 0. The van der Waals surface area contributed by atoms with Gasteiger partial charge in [-0.2, -0.15) is 0 Å². The third-order valence-electron chi connectivity index (χ3n) is 4.31. The standard InChI is InChI=1S/C16H22N2O/c1-12-5-6-13-10-17-11-15(14(13)9-12)16(19)18-7-3-2-4-8-18/h5-6,9,15,17H,2-4,7-8,10-11H2,1H3. The average Bonchev–Trinajstić information content (AvgIpc) is 2.47. The van der Waals surface area contributed by atoms with Crippen molar-refractivity contribution in [3.05, 3.63) is 34.9 Å². The average molecular weight is 258 g/mol. The van der Waals surface area contributed by atoms with Gasteiger partial charge >= 0.3 is 0 Å². The molecule has 0 spiro atoms. The molecular formula is C16H22N2O. The lowest BCUT2D eigenvalue weighted by Gasteiger charge is -2.33. The molecule has 0 saturated carbocycles. The molecule has 3 heteroatoms. The number of nitrogens with one attached hydrogen (secondary N) is 1. The van der Waals surface area contributed by atoms with Gasteiger partial charge in [-0.1, -0.05) is 23.8 Å². The molecule has 1 saturated heterocycles. The third-order valence-corrected chi connectivity index (χ3v) is 4.31. The minimum atomic E-state index is 0.0155. The molecule has 2 heterocycles. The number of benzene rings is 1. The summed E-state index contributed by atoms with van der Waals surface area (Å²) in [5, 5.41) is 3.38. The smallest absolute Gasteiger partial charge is 0.231 e. The van der Waals surface area contributed by atoms with E-state index in [1.807, 2.05) is 0 Å². The normalized spacial score (nSPS) is 23.0. The Hall–Kier alpha value is -1.35. The lowest BCUT2D eigenvalue weighted by atomic mass is 9.88. The lowest BCUT2D eigenvalue weighted by Crippen LogP contribution is -2.43. The van der Waals surface area contributed by atoms with Crippen molar-refractivity contribution in [3.8, 4) is 0 Å². The lowest BCUT2D eigenvalue weighted by molar-refractivity contribution is -0.133. The second-order valence-corrected chi connectivity index (χ2v) is 5.77. The fourth-order valence-corrected chi connectivity index (χ4v) is 3.22. The van der Waals surface area contributed by atoms with Gasteiger partial charge in [0.1, 0.15) is 0 Å². The Balaban J connectivity index is 1.86. The van der Waals surface area contributed by atoms with Crippen molar-refractivity contribution < 1.29 is 4.79 Å². The van der Waals surface area contributed by atoms with Crippen molar-refractivity contribution in [2.75, 3.05) is 19.6 Å². The van der Waals surface area contributed by atoms with Crippen molar-refractivity contribution in [3.63, 3.8) is 0 Å². The Morgan fingerprint density at radius 3 is 2.84 bits per heavy atom. The van der Waals surface area contributed by atoms with E-state index in [1.165, 1.54) is 23.1 Å². The molecule has 1 aromatic carbocycles. The van der Waals surface area contributed by atoms with Crippen molar-refractivity contribution >= 4 is 5.91 Å². The molecular weight excluding hydrogens is 236 g/mol. The molecule has 1 atom stereocenters. The first-order valence-corrected chi connectivity index (χ1v) is 7.34. The quantitative estimate of drug-likeness (QED) is 0.837. The van der Waals surface area contributed by atoms with Crippen LogP contribution < -0.4 is 5.32 Å². The summed E-state index contributed by atoms with van der Waals surface area (Å²) in [6.45, 7) is 5.66. The van der Waals surface area contributed by atoms with Gasteiger partial charge < -0.3 is 10.2 Å². The summed E-state index contributed by atoms with van der Waals surface area (Å²) in [6.07, 6.45) is 3.58. The molecule has 2 aliphatic rings. The van der Waals surface area contributed by atoms with Crippen LogP contribution in [0.1, 0.15) is 41.9 Å². The Kier molecular flexibility index (Phi) is 3.56. The van der Waals surface area contributed by atoms with Crippen LogP contribution in [0.15, 0.2) is 18.2 Å². The maximum absolute atomic E-state index is 12.7. The van der Waals surface area contributed by atoms with Gasteiger partial charge in [0, 0.05) is 26.2 Å². The zero-order valence-corrected chi connectivity index (χ0v) is 11.6. The van der Waals surface area contributed by atoms with Crippen LogP contribution in [0.4, 0.5) is 0 Å². The van der Waals surface area contributed by atoms with E-state index in [9.17, 15) is 4.79 Å². The van der Waals surface area contributed by atoms with Crippen LogP contribution in [-0.4, -0.2) is 30.4 Å². The van der Waals surface area contributed by atoms with E-state index >= 15 is 0 Å². The summed E-state index contributed by atoms with van der Waals surface area (Å²) in [5.41, 5.74) is 3.78. The maximum Gasteiger partial charge on any atom is 0.231 e. The van der Waals surface area contributed by atoms with Crippen LogP contribution in [0.5, 0.6) is 0 Å². The molecule has 0 aliphatic carbocycles. The van der Waals surface area contributed by atoms with Gasteiger partial charge in [-0.25, -0.2) is 0 Å². The number of carbonyl (C=O) groups excluding carboxylic acids is 1. The molecule has 2 aliphatic heterocycles. The summed E-state index contributed by atoms with van der Waals surface area (Å²) < 4.78 is 0. The van der Waals surface area contributed by atoms with E-state index in [0.29, 0.717) is 5.91 Å². The van der Waals surface area contributed by atoms with Crippen molar-refractivity contribution in [2.45, 2.75) is 38.6 Å². The highest BCUT2D eigenvalue weighted by Crippen LogP contribution is 2.27. The van der Waals surface area contributed by atoms with Crippen LogP contribution in [-0.2, 0) is 11.3 Å². The van der Waals surface area contributed by atoms with E-state index in [1.54, 1.807) is 0 Å². The van der Waals surface area contributed by atoms with E-state index < -0.39 is 0 Å². The highest BCUT2D eigenvalue weighted by molar-refractivity contribution is 5.85. The van der Waals surface area contributed by atoms with E-state index in [-0.39, 0.29) is 5.92 Å².